The Balaban J connectivity index is 1.60. The van der Waals surface area contributed by atoms with Crippen molar-refractivity contribution in [1.29, 1.82) is 0 Å². The summed E-state index contributed by atoms with van der Waals surface area (Å²) < 4.78 is 58.7. The fourth-order valence-corrected chi connectivity index (χ4v) is 4.08. The Bertz CT molecular complexity index is 975. The van der Waals surface area contributed by atoms with E-state index >= 15 is 0 Å². The number of sulfonamides is 1. The summed E-state index contributed by atoms with van der Waals surface area (Å²) in [7, 11) is -3.97. The van der Waals surface area contributed by atoms with E-state index in [-0.39, 0.29) is 34.9 Å². The Kier molecular flexibility index (Phi) is 5.08. The van der Waals surface area contributed by atoms with Gasteiger partial charge in [0.1, 0.15) is 17.3 Å². The molecule has 7 nitrogen and oxygen atoms in total. The second-order valence-corrected chi connectivity index (χ2v) is 7.25. The fourth-order valence-electron chi connectivity index (χ4n) is 2.53. The van der Waals surface area contributed by atoms with Gasteiger partial charge in [-0.3, -0.25) is 4.79 Å². The van der Waals surface area contributed by atoms with Crippen molar-refractivity contribution in [1.82, 2.24) is 4.31 Å². The second-order valence-electron chi connectivity index (χ2n) is 5.42. The summed E-state index contributed by atoms with van der Waals surface area (Å²) in [4.78, 5) is 24.1. The van der Waals surface area contributed by atoms with Crippen LogP contribution in [0.4, 0.5) is 8.78 Å². The molecule has 2 aromatic rings. The Morgan fingerprint density at radius 3 is 2.37 bits per heavy atom. The van der Waals surface area contributed by atoms with E-state index in [1.54, 1.807) is 6.07 Å². The maximum Gasteiger partial charge on any atom is 0.387 e. The Morgan fingerprint density at radius 2 is 1.74 bits per heavy atom. The van der Waals surface area contributed by atoms with Gasteiger partial charge in [-0.2, -0.15) is 8.78 Å². The summed E-state index contributed by atoms with van der Waals surface area (Å²) in [6.07, 6.45) is 0. The van der Waals surface area contributed by atoms with Gasteiger partial charge in [-0.1, -0.05) is 12.1 Å². The van der Waals surface area contributed by atoms with Gasteiger partial charge in [-0.05, 0) is 36.4 Å². The average molecular weight is 397 g/mol. The van der Waals surface area contributed by atoms with E-state index in [1.165, 1.54) is 42.5 Å². The van der Waals surface area contributed by atoms with Crippen LogP contribution < -0.4 is 4.74 Å². The van der Waals surface area contributed by atoms with Crippen molar-refractivity contribution in [2.75, 3.05) is 13.2 Å². The number of rotatable bonds is 6. The van der Waals surface area contributed by atoms with Crippen molar-refractivity contribution in [3.05, 3.63) is 59.7 Å². The van der Waals surface area contributed by atoms with Crippen LogP contribution in [0.15, 0.2) is 53.4 Å². The monoisotopic (exact) mass is 397 g/mol. The van der Waals surface area contributed by atoms with Gasteiger partial charge in [-0.15, -0.1) is 0 Å². The molecule has 2 aromatic carbocycles. The molecule has 0 bridgehead atoms. The number of amides is 1. The number of halogens is 2. The quantitative estimate of drug-likeness (QED) is 0.695. The van der Waals surface area contributed by atoms with Gasteiger partial charge in [0.2, 0.25) is 0 Å². The second kappa shape index (κ2) is 7.31. The number of alkyl halides is 2. The van der Waals surface area contributed by atoms with Crippen molar-refractivity contribution in [2.24, 2.45) is 0 Å². The highest BCUT2D eigenvalue weighted by atomic mass is 32.2. The highest BCUT2D eigenvalue weighted by molar-refractivity contribution is 7.90. The molecule has 1 aliphatic heterocycles. The molecule has 142 valence electrons. The first-order valence-electron chi connectivity index (χ1n) is 7.69. The number of carbonyl (C=O) groups is 2. The van der Waals surface area contributed by atoms with Crippen molar-refractivity contribution in [3.8, 4) is 5.75 Å². The summed E-state index contributed by atoms with van der Waals surface area (Å²) in [5.41, 5.74) is 0.133. The van der Waals surface area contributed by atoms with Crippen LogP contribution >= 0.6 is 0 Å². The maximum atomic E-state index is 12.4. The average Bonchev–Trinajstić information content (AvgIpc) is 2.82. The molecule has 0 aliphatic carbocycles. The predicted molar refractivity (Wildman–Crippen MR) is 88.0 cm³/mol. The Labute approximate surface area is 153 Å². The van der Waals surface area contributed by atoms with Gasteiger partial charge < -0.3 is 9.47 Å². The van der Waals surface area contributed by atoms with Crippen molar-refractivity contribution >= 4 is 21.9 Å². The molecule has 0 fully saturated rings. The van der Waals surface area contributed by atoms with Crippen LogP contribution in [0.25, 0.3) is 0 Å². The number of esters is 1. The van der Waals surface area contributed by atoms with Crippen molar-refractivity contribution in [2.45, 2.75) is 11.5 Å². The van der Waals surface area contributed by atoms with E-state index in [2.05, 4.69) is 4.74 Å². The third-order valence-electron chi connectivity index (χ3n) is 3.75. The van der Waals surface area contributed by atoms with Crippen LogP contribution in [-0.2, 0) is 14.8 Å². The van der Waals surface area contributed by atoms with E-state index in [4.69, 9.17) is 4.74 Å². The molecule has 0 N–H and O–H groups in total. The minimum atomic E-state index is -3.97. The molecule has 0 saturated heterocycles. The lowest BCUT2D eigenvalue weighted by Crippen LogP contribution is -2.33. The molecule has 0 atom stereocenters. The van der Waals surface area contributed by atoms with Gasteiger partial charge in [0.15, 0.2) is 0 Å². The van der Waals surface area contributed by atoms with Crippen LogP contribution in [0.3, 0.4) is 0 Å². The first-order valence-corrected chi connectivity index (χ1v) is 9.13. The van der Waals surface area contributed by atoms with Crippen LogP contribution in [0.1, 0.15) is 20.7 Å². The maximum absolute atomic E-state index is 12.4. The molecule has 0 saturated carbocycles. The highest BCUT2D eigenvalue weighted by Crippen LogP contribution is 2.29. The molecule has 1 heterocycles. The zero-order chi connectivity index (χ0) is 19.6. The minimum absolute atomic E-state index is 0.0653. The molecule has 0 radical (unpaired) electrons. The molecule has 3 rings (SSSR count). The van der Waals surface area contributed by atoms with Crippen LogP contribution in [0.2, 0.25) is 0 Å². The van der Waals surface area contributed by atoms with E-state index in [1.807, 2.05) is 0 Å². The molecule has 1 aliphatic rings. The van der Waals surface area contributed by atoms with E-state index in [9.17, 15) is 26.8 Å². The summed E-state index contributed by atoms with van der Waals surface area (Å²) in [5.74, 6) is -1.59. The normalized spacial score (nSPS) is 14.9. The molecular formula is C17H13F2NO6S. The standard InChI is InChI=1S/C17H13F2NO6S/c18-17(19)26-12-7-5-11(6-8-12)16(22)25-10-9-20-15(21)13-3-1-2-4-14(13)27(20,23)24/h1-8,17H,9-10H2. The fraction of sp³-hybridized carbons (Fsp3) is 0.176. The van der Waals surface area contributed by atoms with Crippen LogP contribution in [0.5, 0.6) is 5.75 Å². The topological polar surface area (TPSA) is 90.0 Å². The smallest absolute Gasteiger partial charge is 0.387 e. The number of nitrogens with zero attached hydrogens (tertiary/aromatic N) is 1. The van der Waals surface area contributed by atoms with E-state index in [0.717, 1.165) is 0 Å². The van der Waals surface area contributed by atoms with E-state index < -0.39 is 28.5 Å². The summed E-state index contributed by atoms with van der Waals surface area (Å²) in [6.45, 7) is -3.67. The van der Waals surface area contributed by atoms with Gasteiger partial charge in [0.05, 0.1) is 17.7 Å². The van der Waals surface area contributed by atoms with Gasteiger partial charge in [0.25, 0.3) is 15.9 Å². The Hall–Kier alpha value is -3.01. The highest BCUT2D eigenvalue weighted by Gasteiger charge is 2.40. The number of ether oxygens (including phenoxy) is 2. The SMILES string of the molecule is O=C(OCCN1C(=O)c2ccccc2S1(=O)=O)c1ccc(OC(F)F)cc1. The number of benzene rings is 2. The predicted octanol–water partition coefficient (Wildman–Crippen LogP) is 2.29. The van der Waals surface area contributed by atoms with Crippen molar-refractivity contribution < 1.29 is 36.3 Å². The lowest BCUT2D eigenvalue weighted by atomic mass is 10.2. The summed E-state index contributed by atoms with van der Waals surface area (Å²) >= 11 is 0. The summed E-state index contributed by atoms with van der Waals surface area (Å²) in [6, 6.07) is 10.6. The zero-order valence-corrected chi connectivity index (χ0v) is 14.5. The molecule has 0 spiro atoms. The first-order chi connectivity index (χ1) is 12.8. The van der Waals surface area contributed by atoms with Gasteiger partial charge in [0, 0.05) is 0 Å². The van der Waals surface area contributed by atoms with Gasteiger partial charge >= 0.3 is 12.6 Å². The lowest BCUT2D eigenvalue weighted by molar-refractivity contribution is -0.0498. The molecule has 27 heavy (non-hydrogen) atoms. The Morgan fingerprint density at radius 1 is 1.07 bits per heavy atom. The molecule has 0 unspecified atom stereocenters. The number of carbonyl (C=O) groups excluding carboxylic acids is 2. The van der Waals surface area contributed by atoms with Crippen LogP contribution in [-0.4, -0.2) is 44.4 Å². The van der Waals surface area contributed by atoms with Crippen LogP contribution in [0, 0.1) is 0 Å². The van der Waals surface area contributed by atoms with Crippen molar-refractivity contribution in [3.63, 3.8) is 0 Å². The lowest BCUT2D eigenvalue weighted by Gasteiger charge is -2.15. The molecule has 0 aromatic heterocycles. The number of hydrogen-bond acceptors (Lipinski definition) is 6. The largest absolute Gasteiger partial charge is 0.460 e. The summed E-state index contributed by atoms with van der Waals surface area (Å²) in [5, 5.41) is 0. The zero-order valence-electron chi connectivity index (χ0n) is 13.7. The van der Waals surface area contributed by atoms with Gasteiger partial charge in [-0.25, -0.2) is 17.5 Å². The minimum Gasteiger partial charge on any atom is -0.460 e. The molecule has 1 amide bonds. The third kappa shape index (κ3) is 3.75. The molecular weight excluding hydrogens is 384 g/mol. The number of fused-ring (bicyclic) bond motifs is 1. The first kappa shape index (κ1) is 18.8. The number of hydrogen-bond donors (Lipinski definition) is 0. The van der Waals surface area contributed by atoms with E-state index in [0.29, 0.717) is 4.31 Å². The third-order valence-corrected chi connectivity index (χ3v) is 5.60. The molecule has 10 heteroatoms.